The van der Waals surface area contributed by atoms with E-state index in [1.54, 1.807) is 13.8 Å². The second-order valence-electron chi connectivity index (χ2n) is 3.20. The number of rotatable bonds is 5. The van der Waals surface area contributed by atoms with Crippen molar-refractivity contribution >= 4 is 0 Å². The highest BCUT2D eigenvalue weighted by molar-refractivity contribution is 5.04. The van der Waals surface area contributed by atoms with E-state index in [9.17, 15) is 0 Å². The monoisotopic (exact) mass is 173 g/mol. The van der Waals surface area contributed by atoms with Gasteiger partial charge in [0.15, 0.2) is 0 Å². The second-order valence-corrected chi connectivity index (χ2v) is 3.20. The minimum atomic E-state index is -0.360. The van der Waals surface area contributed by atoms with Gasteiger partial charge in [0.25, 0.3) is 0 Å². The van der Waals surface area contributed by atoms with E-state index in [-0.39, 0.29) is 12.2 Å². The third kappa shape index (κ3) is 6.34. The molecule has 0 fully saturated rings. The summed E-state index contributed by atoms with van der Waals surface area (Å²) in [5.74, 6) is 0. The van der Waals surface area contributed by atoms with Crippen LogP contribution in [-0.2, 0) is 0 Å². The van der Waals surface area contributed by atoms with Gasteiger partial charge in [-0.1, -0.05) is 11.6 Å². The number of aliphatic hydroxyl groups is 2. The molecule has 0 heterocycles. The maximum absolute atomic E-state index is 9.10. The summed E-state index contributed by atoms with van der Waals surface area (Å²) in [6.45, 7) is 3.92. The molecule has 0 spiro atoms. The van der Waals surface area contributed by atoms with E-state index in [0.29, 0.717) is 19.4 Å². The average molecular weight is 173 g/mol. The molecule has 0 aromatic rings. The summed E-state index contributed by atoms with van der Waals surface area (Å²) < 4.78 is 0. The van der Waals surface area contributed by atoms with Crippen LogP contribution in [0.1, 0.15) is 26.7 Å². The molecule has 2 unspecified atom stereocenters. The van der Waals surface area contributed by atoms with Crippen LogP contribution in [0.5, 0.6) is 0 Å². The van der Waals surface area contributed by atoms with Gasteiger partial charge in [-0.2, -0.15) is 0 Å². The van der Waals surface area contributed by atoms with Crippen LogP contribution < -0.4 is 5.73 Å². The first kappa shape index (κ1) is 11.6. The Hall–Kier alpha value is -0.380. The molecule has 3 nitrogen and oxygen atoms in total. The van der Waals surface area contributed by atoms with E-state index < -0.39 is 0 Å². The predicted octanol–water partition coefficient (Wildman–Crippen LogP) is 0.413. The molecule has 4 N–H and O–H groups in total. The van der Waals surface area contributed by atoms with Crippen molar-refractivity contribution in [3.63, 3.8) is 0 Å². The highest BCUT2D eigenvalue weighted by Crippen LogP contribution is 2.11. The highest BCUT2D eigenvalue weighted by Gasteiger charge is 2.05. The number of hydrogen-bond donors (Lipinski definition) is 3. The quantitative estimate of drug-likeness (QED) is 0.528. The van der Waals surface area contributed by atoms with Crippen LogP contribution in [0.4, 0.5) is 0 Å². The summed E-state index contributed by atoms with van der Waals surface area (Å²) in [6, 6.07) is 0. The third-order valence-electron chi connectivity index (χ3n) is 1.52. The lowest BCUT2D eigenvalue weighted by atomic mass is 10.0. The van der Waals surface area contributed by atoms with Crippen molar-refractivity contribution in [1.82, 2.24) is 0 Å². The Bertz CT molecular complexity index is 129. The zero-order chi connectivity index (χ0) is 9.56. The topological polar surface area (TPSA) is 66.5 Å². The summed E-state index contributed by atoms with van der Waals surface area (Å²) in [4.78, 5) is 0. The van der Waals surface area contributed by atoms with E-state index in [4.69, 9.17) is 15.9 Å². The van der Waals surface area contributed by atoms with Gasteiger partial charge < -0.3 is 15.9 Å². The fourth-order valence-electron chi connectivity index (χ4n) is 1.18. The summed E-state index contributed by atoms with van der Waals surface area (Å²) >= 11 is 0. The lowest BCUT2D eigenvalue weighted by molar-refractivity contribution is 0.175. The molecular formula is C9H19NO2. The average Bonchev–Trinajstić information content (AvgIpc) is 1.84. The van der Waals surface area contributed by atoms with Gasteiger partial charge in [0.1, 0.15) is 0 Å². The number of aliphatic hydroxyl groups excluding tert-OH is 2. The molecule has 72 valence electrons. The molecule has 0 rings (SSSR count). The van der Waals surface area contributed by atoms with Gasteiger partial charge in [-0.25, -0.2) is 0 Å². The van der Waals surface area contributed by atoms with Crippen LogP contribution in [0.15, 0.2) is 11.6 Å². The maximum atomic E-state index is 9.10. The lowest BCUT2D eigenvalue weighted by Crippen LogP contribution is -2.09. The Labute approximate surface area is 73.9 Å². The summed E-state index contributed by atoms with van der Waals surface area (Å²) in [7, 11) is 0. The predicted molar refractivity (Wildman–Crippen MR) is 49.7 cm³/mol. The van der Waals surface area contributed by atoms with Gasteiger partial charge >= 0.3 is 0 Å². The molecule has 0 bridgehead atoms. The molecule has 0 saturated heterocycles. The summed E-state index contributed by atoms with van der Waals surface area (Å²) in [5, 5.41) is 18.2. The van der Waals surface area contributed by atoms with E-state index in [1.807, 2.05) is 6.08 Å². The molecule has 3 heteroatoms. The molecule has 0 aromatic carbocycles. The molecule has 0 aromatic heterocycles. The molecule has 12 heavy (non-hydrogen) atoms. The van der Waals surface area contributed by atoms with Gasteiger partial charge in [-0.05, 0) is 26.7 Å². The van der Waals surface area contributed by atoms with Gasteiger partial charge in [0.2, 0.25) is 0 Å². The standard InChI is InChI=1S/C9H19NO2/c1-7(11)5-9(3-4-10)6-8(2)12/h3,7-8,11-12H,4-6,10H2,1-2H3. The van der Waals surface area contributed by atoms with Crippen LogP contribution in [-0.4, -0.2) is 29.0 Å². The van der Waals surface area contributed by atoms with Crippen molar-refractivity contribution < 1.29 is 10.2 Å². The van der Waals surface area contributed by atoms with Gasteiger partial charge in [-0.3, -0.25) is 0 Å². The first-order valence-electron chi connectivity index (χ1n) is 4.30. The first-order chi connectivity index (χ1) is 5.56. The normalized spacial score (nSPS) is 15.4. The summed E-state index contributed by atoms with van der Waals surface area (Å²) in [5.41, 5.74) is 6.37. The first-order valence-corrected chi connectivity index (χ1v) is 4.30. The summed E-state index contributed by atoms with van der Waals surface area (Å²) in [6.07, 6.45) is 2.34. The molecular weight excluding hydrogens is 154 g/mol. The largest absolute Gasteiger partial charge is 0.393 e. The van der Waals surface area contributed by atoms with Crippen molar-refractivity contribution in [3.8, 4) is 0 Å². The SMILES string of the molecule is CC(O)CC(=CCN)CC(C)O. The van der Waals surface area contributed by atoms with E-state index in [2.05, 4.69) is 0 Å². The molecule has 0 radical (unpaired) electrons. The Morgan fingerprint density at radius 1 is 1.25 bits per heavy atom. The van der Waals surface area contributed by atoms with Gasteiger partial charge in [0, 0.05) is 6.54 Å². The Kier molecular flexibility index (Phi) is 5.98. The fourth-order valence-corrected chi connectivity index (χ4v) is 1.18. The highest BCUT2D eigenvalue weighted by atomic mass is 16.3. The third-order valence-corrected chi connectivity index (χ3v) is 1.52. The molecule has 0 amide bonds. The van der Waals surface area contributed by atoms with Gasteiger partial charge in [0.05, 0.1) is 12.2 Å². The second kappa shape index (κ2) is 6.17. The van der Waals surface area contributed by atoms with Crippen molar-refractivity contribution in [3.05, 3.63) is 11.6 Å². The van der Waals surface area contributed by atoms with Crippen molar-refractivity contribution in [1.29, 1.82) is 0 Å². The van der Waals surface area contributed by atoms with Crippen LogP contribution in [0.2, 0.25) is 0 Å². The van der Waals surface area contributed by atoms with Crippen molar-refractivity contribution in [2.24, 2.45) is 5.73 Å². The molecule has 2 atom stereocenters. The smallest absolute Gasteiger partial charge is 0.0549 e. The van der Waals surface area contributed by atoms with Crippen molar-refractivity contribution in [2.75, 3.05) is 6.54 Å². The Balaban J connectivity index is 3.96. The van der Waals surface area contributed by atoms with E-state index in [0.717, 1.165) is 5.57 Å². The molecule has 0 aliphatic carbocycles. The van der Waals surface area contributed by atoms with E-state index in [1.165, 1.54) is 0 Å². The van der Waals surface area contributed by atoms with Crippen LogP contribution in [0, 0.1) is 0 Å². The molecule has 0 saturated carbocycles. The zero-order valence-corrected chi connectivity index (χ0v) is 7.83. The Morgan fingerprint density at radius 3 is 1.92 bits per heavy atom. The maximum Gasteiger partial charge on any atom is 0.0549 e. The number of hydrogen-bond acceptors (Lipinski definition) is 3. The van der Waals surface area contributed by atoms with E-state index >= 15 is 0 Å². The number of nitrogens with two attached hydrogens (primary N) is 1. The fraction of sp³-hybridized carbons (Fsp3) is 0.778. The zero-order valence-electron chi connectivity index (χ0n) is 7.83. The lowest BCUT2D eigenvalue weighted by Gasteiger charge is -2.11. The minimum Gasteiger partial charge on any atom is -0.393 e. The van der Waals surface area contributed by atoms with Crippen LogP contribution in [0.25, 0.3) is 0 Å². The van der Waals surface area contributed by atoms with Gasteiger partial charge in [-0.15, -0.1) is 0 Å². The molecule has 0 aliphatic rings. The van der Waals surface area contributed by atoms with Crippen molar-refractivity contribution in [2.45, 2.75) is 38.9 Å². The van der Waals surface area contributed by atoms with Crippen LogP contribution in [0.3, 0.4) is 0 Å². The Morgan fingerprint density at radius 2 is 1.67 bits per heavy atom. The minimum absolute atomic E-state index is 0.360. The molecule has 0 aliphatic heterocycles. The van der Waals surface area contributed by atoms with Crippen LogP contribution >= 0.6 is 0 Å².